The normalized spacial score (nSPS) is 21.4. The van der Waals surface area contributed by atoms with Crippen LogP contribution in [-0.2, 0) is 25.3 Å². The van der Waals surface area contributed by atoms with Crippen LogP contribution >= 0.6 is 0 Å². The number of imidazole rings is 1. The quantitative estimate of drug-likeness (QED) is 0.452. The van der Waals surface area contributed by atoms with Gasteiger partial charge in [-0.05, 0) is 0 Å². The van der Waals surface area contributed by atoms with Crippen LogP contribution < -0.4 is 4.57 Å². The Balaban J connectivity index is 2.23. The molecule has 0 aliphatic carbocycles. The highest BCUT2D eigenvalue weighted by Crippen LogP contribution is 2.14. The van der Waals surface area contributed by atoms with Crippen molar-refractivity contribution in [1.29, 1.82) is 0 Å². The number of hydrogen-bond donors (Lipinski definition) is 0. The summed E-state index contributed by atoms with van der Waals surface area (Å²) in [6.07, 6.45) is 3.72. The van der Waals surface area contributed by atoms with Gasteiger partial charge in [-0.25, -0.2) is 9.13 Å². The summed E-state index contributed by atoms with van der Waals surface area (Å²) in [7, 11) is 4.18. The lowest BCUT2D eigenvalue weighted by atomic mass is 10.2. The maximum absolute atomic E-state index is 5.19. The van der Waals surface area contributed by atoms with E-state index in [1.165, 1.54) is 11.5 Å². The molecular weight excluding hydrogens is 152 g/mol. The summed E-state index contributed by atoms with van der Waals surface area (Å²) in [5.41, 5.74) is 1.36. The Morgan fingerprint density at radius 2 is 2.42 bits per heavy atom. The van der Waals surface area contributed by atoms with Crippen molar-refractivity contribution >= 4 is 0 Å². The molecule has 1 aliphatic rings. The zero-order valence-electron chi connectivity index (χ0n) is 7.87. The van der Waals surface area contributed by atoms with Crippen molar-refractivity contribution < 1.29 is 9.30 Å². The number of aromatic nitrogens is 2. The Hall–Kier alpha value is -0.830. The van der Waals surface area contributed by atoms with E-state index in [2.05, 4.69) is 36.4 Å². The van der Waals surface area contributed by atoms with Crippen molar-refractivity contribution in [3.05, 3.63) is 17.7 Å². The van der Waals surface area contributed by atoms with E-state index in [1.54, 1.807) is 0 Å². The zero-order chi connectivity index (χ0) is 8.72. The molecule has 3 nitrogen and oxygen atoms in total. The highest BCUT2D eigenvalue weighted by Gasteiger charge is 2.27. The number of ether oxygens (including phenoxy) is 1. The van der Waals surface area contributed by atoms with Crippen molar-refractivity contribution in [3.63, 3.8) is 0 Å². The molecule has 3 heteroatoms. The van der Waals surface area contributed by atoms with Crippen LogP contribution in [0.15, 0.2) is 6.20 Å². The molecule has 0 bridgehead atoms. The second-order valence-corrected chi connectivity index (χ2v) is 3.50. The first-order valence-electron chi connectivity index (χ1n) is 4.31. The van der Waals surface area contributed by atoms with Crippen molar-refractivity contribution in [2.75, 3.05) is 6.61 Å². The molecule has 1 aromatic rings. The lowest BCUT2D eigenvalue weighted by molar-refractivity contribution is -0.684. The van der Waals surface area contributed by atoms with Gasteiger partial charge in [0.1, 0.15) is 11.9 Å². The Morgan fingerprint density at radius 1 is 1.75 bits per heavy atom. The maximum Gasteiger partial charge on any atom is 0.253 e. The number of aryl methyl sites for hydroxylation is 1. The molecule has 2 heterocycles. The summed E-state index contributed by atoms with van der Waals surface area (Å²) in [5.74, 6) is 1.28. The van der Waals surface area contributed by atoms with Gasteiger partial charge >= 0.3 is 0 Å². The molecule has 66 valence electrons. The molecule has 1 atom stereocenters. The molecule has 1 aromatic heterocycles. The molecule has 1 fully saturated rings. The molecule has 2 rings (SSSR count). The van der Waals surface area contributed by atoms with Gasteiger partial charge in [-0.15, -0.1) is 0 Å². The second-order valence-electron chi connectivity index (χ2n) is 3.50. The van der Waals surface area contributed by atoms with Crippen molar-refractivity contribution in [1.82, 2.24) is 4.57 Å². The Labute approximate surface area is 72.6 Å². The van der Waals surface area contributed by atoms with Crippen LogP contribution in [0.3, 0.4) is 0 Å². The van der Waals surface area contributed by atoms with Gasteiger partial charge in [0.05, 0.1) is 26.8 Å². The first-order valence-corrected chi connectivity index (χ1v) is 4.31. The van der Waals surface area contributed by atoms with Crippen LogP contribution in [0.2, 0.25) is 0 Å². The first kappa shape index (κ1) is 7.80. The standard InChI is InChI=1S/C9H15N2O/c1-7-10(2)5-8(11(7)3)4-9-6-12-9/h5,9H,4,6H2,1-3H3/q+1. The minimum atomic E-state index is 0.484. The Bertz CT molecular complexity index is 300. The molecule has 0 N–H and O–H groups in total. The molecule has 1 aliphatic heterocycles. The molecular formula is C9H15N2O+. The van der Waals surface area contributed by atoms with Crippen LogP contribution in [0.4, 0.5) is 0 Å². The predicted octanol–water partition coefficient (Wildman–Crippen LogP) is 0.0993. The van der Waals surface area contributed by atoms with Gasteiger partial charge in [0.25, 0.3) is 5.82 Å². The molecule has 1 unspecified atom stereocenters. The summed E-state index contributed by atoms with van der Waals surface area (Å²) < 4.78 is 9.57. The Kier molecular flexibility index (Phi) is 1.68. The molecule has 0 radical (unpaired) electrons. The lowest BCUT2D eigenvalue weighted by Crippen LogP contribution is -2.35. The molecule has 0 spiro atoms. The number of nitrogens with zero attached hydrogens (tertiary/aromatic N) is 2. The van der Waals surface area contributed by atoms with Gasteiger partial charge in [-0.3, -0.25) is 0 Å². The minimum absolute atomic E-state index is 0.484. The van der Waals surface area contributed by atoms with Crippen LogP contribution in [0.1, 0.15) is 11.5 Å². The van der Waals surface area contributed by atoms with E-state index < -0.39 is 0 Å². The fraction of sp³-hybridized carbons (Fsp3) is 0.667. The van der Waals surface area contributed by atoms with Crippen LogP contribution in [0.25, 0.3) is 0 Å². The van der Waals surface area contributed by atoms with Gasteiger partial charge in [0.2, 0.25) is 0 Å². The van der Waals surface area contributed by atoms with Gasteiger partial charge in [0, 0.05) is 13.3 Å². The number of hydrogen-bond acceptors (Lipinski definition) is 1. The largest absolute Gasteiger partial charge is 0.373 e. The Morgan fingerprint density at radius 3 is 2.83 bits per heavy atom. The van der Waals surface area contributed by atoms with Crippen molar-refractivity contribution in [2.24, 2.45) is 14.1 Å². The second kappa shape index (κ2) is 2.59. The third-order valence-corrected chi connectivity index (χ3v) is 2.61. The fourth-order valence-corrected chi connectivity index (χ4v) is 1.46. The topological polar surface area (TPSA) is 21.3 Å². The third kappa shape index (κ3) is 1.25. The van der Waals surface area contributed by atoms with Crippen molar-refractivity contribution in [3.8, 4) is 0 Å². The summed E-state index contributed by atoms with van der Waals surface area (Å²) in [4.78, 5) is 0. The lowest BCUT2D eigenvalue weighted by Gasteiger charge is -1.92. The number of rotatable bonds is 2. The van der Waals surface area contributed by atoms with E-state index in [0.29, 0.717) is 6.10 Å². The van der Waals surface area contributed by atoms with Gasteiger partial charge in [-0.1, -0.05) is 0 Å². The molecule has 12 heavy (non-hydrogen) atoms. The first-order chi connectivity index (χ1) is 5.68. The molecule has 0 saturated carbocycles. The SMILES string of the molecule is Cc1n(C)cc(CC2CO2)[n+]1C. The number of epoxide rings is 1. The monoisotopic (exact) mass is 167 g/mol. The van der Waals surface area contributed by atoms with E-state index >= 15 is 0 Å². The van der Waals surface area contributed by atoms with E-state index in [4.69, 9.17) is 4.74 Å². The van der Waals surface area contributed by atoms with E-state index in [-0.39, 0.29) is 0 Å². The summed E-state index contributed by atoms with van der Waals surface area (Å²) >= 11 is 0. The highest BCUT2D eigenvalue weighted by molar-refractivity contribution is 4.97. The zero-order valence-corrected chi connectivity index (χ0v) is 7.87. The predicted molar refractivity (Wildman–Crippen MR) is 44.8 cm³/mol. The average Bonchev–Trinajstić information content (AvgIpc) is 2.80. The summed E-state index contributed by atoms with van der Waals surface area (Å²) in [6.45, 7) is 3.06. The van der Waals surface area contributed by atoms with Crippen molar-refractivity contribution in [2.45, 2.75) is 19.4 Å². The van der Waals surface area contributed by atoms with E-state index in [1.807, 2.05) is 0 Å². The minimum Gasteiger partial charge on any atom is -0.373 e. The maximum atomic E-state index is 5.19. The van der Waals surface area contributed by atoms with E-state index in [9.17, 15) is 0 Å². The van der Waals surface area contributed by atoms with Crippen LogP contribution in [0.5, 0.6) is 0 Å². The van der Waals surface area contributed by atoms with Crippen LogP contribution in [-0.4, -0.2) is 17.3 Å². The molecule has 1 saturated heterocycles. The van der Waals surface area contributed by atoms with E-state index in [0.717, 1.165) is 13.0 Å². The van der Waals surface area contributed by atoms with Gasteiger partial charge < -0.3 is 4.74 Å². The van der Waals surface area contributed by atoms with Gasteiger partial charge in [0.15, 0.2) is 0 Å². The summed E-state index contributed by atoms with van der Waals surface area (Å²) in [5, 5.41) is 0. The smallest absolute Gasteiger partial charge is 0.253 e. The highest BCUT2D eigenvalue weighted by atomic mass is 16.6. The fourth-order valence-electron chi connectivity index (χ4n) is 1.46. The third-order valence-electron chi connectivity index (χ3n) is 2.61. The average molecular weight is 167 g/mol. The molecule has 0 aromatic carbocycles. The van der Waals surface area contributed by atoms with Gasteiger partial charge in [-0.2, -0.15) is 0 Å². The summed E-state index contributed by atoms with van der Waals surface area (Å²) in [6, 6.07) is 0. The molecule has 0 amide bonds. The van der Waals surface area contributed by atoms with Crippen LogP contribution in [0, 0.1) is 6.92 Å².